The number of methoxy groups -OCH3 is 1. The molecule has 0 aliphatic carbocycles. The first kappa shape index (κ1) is 18.6. The summed E-state index contributed by atoms with van der Waals surface area (Å²) >= 11 is 11.9. The van der Waals surface area contributed by atoms with Crippen molar-refractivity contribution >= 4 is 56.1 Å². The molecule has 138 valence electrons. The normalized spacial score (nSPS) is 14.4. The van der Waals surface area contributed by atoms with E-state index >= 15 is 0 Å². The van der Waals surface area contributed by atoms with Crippen molar-refractivity contribution in [3.63, 3.8) is 0 Å². The highest BCUT2D eigenvalue weighted by molar-refractivity contribution is 7.80. The lowest BCUT2D eigenvalue weighted by Crippen LogP contribution is -2.47. The van der Waals surface area contributed by atoms with Crippen LogP contribution in [-0.2, 0) is 5.54 Å². The van der Waals surface area contributed by atoms with E-state index in [1.165, 1.54) is 0 Å². The van der Waals surface area contributed by atoms with Gasteiger partial charge in [0, 0.05) is 21.7 Å². The first-order valence-electron chi connectivity index (χ1n) is 8.26. The average Bonchev–Trinajstić information content (AvgIpc) is 3.04. The maximum atomic E-state index is 13.5. The fourth-order valence-corrected chi connectivity index (χ4v) is 6.87. The quantitative estimate of drug-likeness (QED) is 0.330. The molecule has 2 aromatic carbocycles. The van der Waals surface area contributed by atoms with Crippen molar-refractivity contribution in [2.45, 2.75) is 19.4 Å². The van der Waals surface area contributed by atoms with E-state index in [0.717, 1.165) is 25.5 Å². The van der Waals surface area contributed by atoms with Crippen LogP contribution >= 0.6 is 44.5 Å². The number of carbonyl (C=O) groups is 1. The minimum atomic E-state index is -0.539. The lowest BCUT2D eigenvalue weighted by molar-refractivity contribution is 0.0961. The summed E-state index contributed by atoms with van der Waals surface area (Å²) in [5.41, 5.74) is 2.85. The summed E-state index contributed by atoms with van der Waals surface area (Å²) in [4.78, 5) is 16.5. The molecule has 0 saturated carbocycles. The maximum Gasteiger partial charge on any atom is 0.259 e. The van der Waals surface area contributed by atoms with Crippen molar-refractivity contribution in [3.8, 4) is 16.9 Å². The Bertz CT molecular complexity index is 1100. The van der Waals surface area contributed by atoms with E-state index < -0.39 is 5.54 Å². The van der Waals surface area contributed by atoms with Gasteiger partial charge in [0.2, 0.25) is 0 Å². The topological polar surface area (TPSA) is 29.5 Å². The van der Waals surface area contributed by atoms with Crippen molar-refractivity contribution in [1.82, 2.24) is 0 Å². The van der Waals surface area contributed by atoms with Gasteiger partial charge < -0.3 is 4.74 Å². The van der Waals surface area contributed by atoms with Crippen LogP contribution in [0.25, 0.3) is 11.1 Å². The average molecular weight is 434 g/mol. The lowest BCUT2D eigenvalue weighted by Gasteiger charge is -2.43. The molecule has 0 radical (unpaired) electrons. The standard InChI is InChI=1S/C20H16ClNO2S3/c1-20(2)17-16(19(25)27-26-17)14-9-6-12(21)10-15(14)22(20)18(23)11-4-7-13(24-3)8-5-11/h4-10H,1-3H3. The summed E-state index contributed by atoms with van der Waals surface area (Å²) in [7, 11) is 4.82. The van der Waals surface area contributed by atoms with Crippen LogP contribution in [0.5, 0.6) is 5.75 Å². The van der Waals surface area contributed by atoms with Gasteiger partial charge in [0.05, 0.1) is 23.2 Å². The second kappa shape index (κ2) is 6.71. The Kier molecular flexibility index (Phi) is 4.63. The zero-order chi connectivity index (χ0) is 19.3. The van der Waals surface area contributed by atoms with E-state index in [1.807, 2.05) is 23.1 Å². The number of nitrogens with zero attached hydrogens (tertiary/aromatic N) is 1. The Morgan fingerprint density at radius 2 is 1.85 bits per heavy atom. The monoisotopic (exact) mass is 433 g/mol. The van der Waals surface area contributed by atoms with Crippen molar-refractivity contribution in [3.05, 3.63) is 61.8 Å². The molecule has 27 heavy (non-hydrogen) atoms. The highest BCUT2D eigenvalue weighted by Gasteiger charge is 2.43. The number of benzene rings is 2. The van der Waals surface area contributed by atoms with Crippen LogP contribution in [0.4, 0.5) is 5.69 Å². The Morgan fingerprint density at radius 1 is 1.15 bits per heavy atom. The Hall–Kier alpha value is -1.73. The van der Waals surface area contributed by atoms with Gasteiger partial charge in [-0.05, 0) is 50.2 Å². The Labute approximate surface area is 175 Å². The molecule has 4 rings (SSSR count). The predicted octanol–water partition coefficient (Wildman–Crippen LogP) is 6.76. The van der Waals surface area contributed by atoms with E-state index in [4.69, 9.17) is 28.6 Å². The number of amides is 1. The van der Waals surface area contributed by atoms with Gasteiger partial charge >= 0.3 is 0 Å². The molecule has 0 N–H and O–H groups in total. The predicted molar refractivity (Wildman–Crippen MR) is 116 cm³/mol. The second-order valence-corrected chi connectivity index (χ2v) is 10.0. The van der Waals surface area contributed by atoms with Crippen LogP contribution in [0, 0.1) is 3.82 Å². The van der Waals surface area contributed by atoms with Gasteiger partial charge in [0.1, 0.15) is 9.57 Å². The van der Waals surface area contributed by atoms with Crippen LogP contribution < -0.4 is 9.64 Å². The number of hydrogen-bond donors (Lipinski definition) is 0. The molecule has 7 heteroatoms. The van der Waals surface area contributed by atoms with E-state index in [9.17, 15) is 4.79 Å². The molecule has 1 amide bonds. The van der Waals surface area contributed by atoms with Crippen LogP contribution in [0.1, 0.15) is 29.1 Å². The van der Waals surface area contributed by atoms with Gasteiger partial charge in [-0.15, -0.1) is 0 Å². The SMILES string of the molecule is COc1ccc(C(=O)N2c3cc(Cl)ccc3-c3c(ssc3=S)C2(C)C)cc1. The summed E-state index contributed by atoms with van der Waals surface area (Å²) in [6, 6.07) is 12.8. The van der Waals surface area contributed by atoms with Crippen molar-refractivity contribution in [2.75, 3.05) is 12.0 Å². The number of hydrogen-bond acceptors (Lipinski definition) is 5. The van der Waals surface area contributed by atoms with Gasteiger partial charge in [-0.25, -0.2) is 0 Å². The number of anilines is 1. The molecule has 1 aliphatic rings. The van der Waals surface area contributed by atoms with Crippen LogP contribution in [-0.4, -0.2) is 13.0 Å². The van der Waals surface area contributed by atoms with Crippen molar-refractivity contribution < 1.29 is 9.53 Å². The van der Waals surface area contributed by atoms with Crippen molar-refractivity contribution in [2.24, 2.45) is 0 Å². The molecule has 3 aromatic rings. The number of fused-ring (bicyclic) bond motifs is 3. The summed E-state index contributed by atoms with van der Waals surface area (Å²) in [6.45, 7) is 4.10. The first-order chi connectivity index (χ1) is 12.8. The van der Waals surface area contributed by atoms with E-state index in [1.54, 1.807) is 52.1 Å². The second-order valence-electron chi connectivity index (χ2n) is 6.75. The van der Waals surface area contributed by atoms with Gasteiger partial charge in [0.25, 0.3) is 5.91 Å². The molecule has 1 aromatic heterocycles. The molecule has 3 nitrogen and oxygen atoms in total. The van der Waals surface area contributed by atoms with Crippen LogP contribution in [0.15, 0.2) is 42.5 Å². The molecule has 2 heterocycles. The fourth-order valence-electron chi connectivity index (χ4n) is 3.43. The number of carbonyl (C=O) groups excluding carboxylic acids is 1. The molecule has 0 unspecified atom stereocenters. The molecule has 0 fully saturated rings. The van der Waals surface area contributed by atoms with Gasteiger partial charge in [-0.3, -0.25) is 9.69 Å². The minimum absolute atomic E-state index is 0.0823. The molecule has 0 saturated heterocycles. The minimum Gasteiger partial charge on any atom is -0.497 e. The third kappa shape index (κ3) is 2.91. The zero-order valence-corrected chi connectivity index (χ0v) is 18.1. The molecular weight excluding hydrogens is 418 g/mol. The zero-order valence-electron chi connectivity index (χ0n) is 14.9. The van der Waals surface area contributed by atoms with E-state index in [0.29, 0.717) is 16.3 Å². The number of halogens is 1. The summed E-state index contributed by atoms with van der Waals surface area (Å²) in [5, 5.41) is 0.588. The molecule has 0 spiro atoms. The smallest absolute Gasteiger partial charge is 0.259 e. The molecule has 0 bridgehead atoms. The fraction of sp³-hybridized carbons (Fsp3) is 0.200. The number of rotatable bonds is 2. The number of ether oxygens (including phenoxy) is 1. The first-order valence-corrected chi connectivity index (χ1v) is 11.2. The summed E-state index contributed by atoms with van der Waals surface area (Å²) < 4.78 is 6.06. The highest BCUT2D eigenvalue weighted by Crippen LogP contribution is 2.52. The summed E-state index contributed by atoms with van der Waals surface area (Å²) in [6.07, 6.45) is 0. The highest BCUT2D eigenvalue weighted by atomic mass is 35.5. The van der Waals surface area contributed by atoms with Crippen LogP contribution in [0.2, 0.25) is 5.02 Å². The van der Waals surface area contributed by atoms with Crippen LogP contribution in [0.3, 0.4) is 0 Å². The van der Waals surface area contributed by atoms with E-state index in [2.05, 4.69) is 13.8 Å². The third-order valence-electron chi connectivity index (χ3n) is 4.76. The summed E-state index contributed by atoms with van der Waals surface area (Å²) in [5.74, 6) is 0.632. The maximum absolute atomic E-state index is 13.5. The Morgan fingerprint density at radius 3 is 2.52 bits per heavy atom. The lowest BCUT2D eigenvalue weighted by atomic mass is 9.87. The molecular formula is C20H16ClNO2S3. The van der Waals surface area contributed by atoms with Gasteiger partial charge in [-0.1, -0.05) is 50.6 Å². The molecule has 1 aliphatic heterocycles. The third-order valence-corrected chi connectivity index (χ3v) is 8.32. The van der Waals surface area contributed by atoms with Gasteiger partial charge in [0.15, 0.2) is 0 Å². The molecule has 0 atom stereocenters. The van der Waals surface area contributed by atoms with E-state index in [-0.39, 0.29) is 5.91 Å². The van der Waals surface area contributed by atoms with Crippen molar-refractivity contribution in [1.29, 1.82) is 0 Å². The Balaban J connectivity index is 1.93. The van der Waals surface area contributed by atoms with Gasteiger partial charge in [-0.2, -0.15) is 0 Å². The largest absolute Gasteiger partial charge is 0.497 e.